The highest BCUT2D eigenvalue weighted by Gasteiger charge is 2.12. The van der Waals surface area contributed by atoms with Crippen LogP contribution in [-0.2, 0) is 28.5 Å². The number of nitrogens with two attached hydrogens (primary N) is 2. The average molecular weight is 352 g/mol. The molecule has 0 spiro atoms. The largest absolute Gasteiger partial charge is 0.480 e. The van der Waals surface area contributed by atoms with E-state index >= 15 is 0 Å². The van der Waals surface area contributed by atoms with Crippen molar-refractivity contribution in [3.8, 4) is 0 Å². The summed E-state index contributed by atoms with van der Waals surface area (Å²) < 4.78 is 7.83. The van der Waals surface area contributed by atoms with Crippen LogP contribution in [-0.4, -0.2) is 60.4 Å². The van der Waals surface area contributed by atoms with Crippen molar-refractivity contribution in [1.29, 1.82) is 0 Å². The lowest BCUT2D eigenvalue weighted by Gasteiger charge is -2.02. The number of hydrogen-bond acceptors (Lipinski definition) is 8. The molecule has 1 heterocycles. The summed E-state index contributed by atoms with van der Waals surface area (Å²) in [6, 6.07) is -1.53. The first-order chi connectivity index (χ1) is 10.4. The third-order valence-corrected chi connectivity index (χ3v) is 2.91. The number of aliphatic carboxylic acids is 2. The highest BCUT2D eigenvalue weighted by Crippen LogP contribution is 1.97. The average Bonchev–Trinajstić information content (AvgIpc) is 3.00. The number of hydrogen-bond donors (Lipinski definition) is 5. The Labute approximate surface area is 137 Å². The number of imidazole rings is 1. The molecule has 0 fully saturated rings. The smallest absolute Gasteiger partial charge is 0.320 e. The summed E-state index contributed by atoms with van der Waals surface area (Å²) in [4.78, 5) is 26.8. The normalized spacial score (nSPS) is 12.0. The Kier molecular flexibility index (Phi) is 14.8. The zero-order chi connectivity index (χ0) is 17.5. The molecule has 0 radical (unpaired) electrons. The molecule has 0 bridgehead atoms. The van der Waals surface area contributed by atoms with Gasteiger partial charge in [-0.25, -0.2) is 4.98 Å². The SMILES string of the molecule is CSCC[C@H](N)C(=O)O.N[C@@H](Cc1cnc[nH]1)C(=O)O.O=S. The summed E-state index contributed by atoms with van der Waals surface area (Å²) in [6.07, 6.45) is 5.81. The number of aromatic amines is 1. The minimum Gasteiger partial charge on any atom is -0.480 e. The van der Waals surface area contributed by atoms with Gasteiger partial charge in [0.25, 0.3) is 0 Å². The Morgan fingerprint density at radius 2 is 1.86 bits per heavy atom. The van der Waals surface area contributed by atoms with Crippen LogP contribution >= 0.6 is 11.8 Å². The summed E-state index contributed by atoms with van der Waals surface area (Å²) in [6.45, 7) is 0. The molecule has 22 heavy (non-hydrogen) atoms. The Morgan fingerprint density at radius 1 is 1.32 bits per heavy atom. The van der Waals surface area contributed by atoms with Crippen LogP contribution in [0, 0.1) is 0 Å². The lowest BCUT2D eigenvalue weighted by molar-refractivity contribution is -0.139. The molecule has 0 aliphatic heterocycles. The molecule has 0 saturated heterocycles. The van der Waals surface area contributed by atoms with Crippen LogP contribution in [0.2, 0.25) is 0 Å². The fourth-order valence-electron chi connectivity index (χ4n) is 1.09. The zero-order valence-electron chi connectivity index (χ0n) is 12.0. The predicted octanol–water partition coefficient (Wildman–Crippen LogP) is -0.821. The molecular formula is C11H20N4O5S2. The predicted molar refractivity (Wildman–Crippen MR) is 84.7 cm³/mol. The van der Waals surface area contributed by atoms with E-state index in [2.05, 4.69) is 22.5 Å². The highest BCUT2D eigenvalue weighted by molar-refractivity contribution is 7.98. The fraction of sp³-hybridized carbons (Fsp3) is 0.545. The first-order valence-electron chi connectivity index (χ1n) is 5.98. The maximum Gasteiger partial charge on any atom is 0.320 e. The molecule has 0 unspecified atom stereocenters. The lowest BCUT2D eigenvalue weighted by atomic mass is 10.2. The quantitative estimate of drug-likeness (QED) is 0.417. The van der Waals surface area contributed by atoms with Gasteiger partial charge in [-0.15, -0.1) is 0 Å². The molecule has 7 N–H and O–H groups in total. The van der Waals surface area contributed by atoms with Crippen molar-refractivity contribution in [2.24, 2.45) is 11.5 Å². The first-order valence-corrected chi connectivity index (χ1v) is 7.70. The van der Waals surface area contributed by atoms with E-state index in [1.54, 1.807) is 18.0 Å². The molecule has 0 saturated carbocycles. The molecule has 11 heteroatoms. The van der Waals surface area contributed by atoms with E-state index in [1.165, 1.54) is 6.33 Å². The van der Waals surface area contributed by atoms with Gasteiger partial charge in [-0.3, -0.25) is 9.59 Å². The minimum atomic E-state index is -1.00. The second kappa shape index (κ2) is 14.4. The summed E-state index contributed by atoms with van der Waals surface area (Å²) in [5.41, 5.74) is 11.2. The second-order valence-corrected chi connectivity index (χ2v) is 4.94. The van der Waals surface area contributed by atoms with Gasteiger partial charge in [0, 0.05) is 18.3 Å². The van der Waals surface area contributed by atoms with Crippen LogP contribution in [0.5, 0.6) is 0 Å². The van der Waals surface area contributed by atoms with Crippen molar-refractivity contribution in [1.82, 2.24) is 9.97 Å². The van der Waals surface area contributed by atoms with E-state index in [0.29, 0.717) is 6.42 Å². The Balaban J connectivity index is 0. The van der Waals surface area contributed by atoms with Crippen molar-refractivity contribution in [3.05, 3.63) is 18.2 Å². The van der Waals surface area contributed by atoms with E-state index in [9.17, 15) is 9.59 Å². The van der Waals surface area contributed by atoms with Gasteiger partial charge in [-0.1, -0.05) is 0 Å². The molecule has 0 aromatic carbocycles. The fourth-order valence-corrected chi connectivity index (χ4v) is 1.58. The number of carbonyl (C=O) groups is 2. The Bertz CT molecular complexity index is 419. The maximum atomic E-state index is 10.3. The summed E-state index contributed by atoms with van der Waals surface area (Å²) in [7, 11) is 0. The number of aromatic nitrogens is 2. The van der Waals surface area contributed by atoms with E-state index in [-0.39, 0.29) is 6.42 Å². The van der Waals surface area contributed by atoms with Crippen LogP contribution in [0.25, 0.3) is 0 Å². The molecular weight excluding hydrogens is 332 g/mol. The van der Waals surface area contributed by atoms with Crippen LogP contribution in [0.4, 0.5) is 0 Å². The Hall–Kier alpha value is -1.56. The minimum absolute atomic E-state index is 0.287. The molecule has 0 aliphatic carbocycles. The van der Waals surface area contributed by atoms with Crippen LogP contribution in [0.1, 0.15) is 12.1 Å². The van der Waals surface area contributed by atoms with Crippen molar-refractivity contribution in [3.63, 3.8) is 0 Å². The van der Waals surface area contributed by atoms with Gasteiger partial charge >= 0.3 is 11.9 Å². The third kappa shape index (κ3) is 12.2. The van der Waals surface area contributed by atoms with Gasteiger partial charge in [0.1, 0.15) is 12.1 Å². The van der Waals surface area contributed by atoms with Gasteiger partial charge in [-0.05, 0) is 18.4 Å². The van der Waals surface area contributed by atoms with Crippen molar-refractivity contribution >= 4 is 36.2 Å². The molecule has 2 atom stereocenters. The second-order valence-electron chi connectivity index (χ2n) is 3.95. The van der Waals surface area contributed by atoms with Crippen LogP contribution in [0.3, 0.4) is 0 Å². The molecule has 1 aromatic rings. The van der Waals surface area contributed by atoms with Gasteiger partial charge in [-0.2, -0.15) is 16.0 Å². The number of nitrogens with zero attached hydrogens (tertiary/aromatic N) is 1. The van der Waals surface area contributed by atoms with E-state index in [1.807, 2.05) is 6.26 Å². The number of carboxylic acids is 2. The Morgan fingerprint density at radius 3 is 2.23 bits per heavy atom. The van der Waals surface area contributed by atoms with E-state index < -0.39 is 24.0 Å². The topological polar surface area (TPSA) is 172 Å². The number of carboxylic acid groups (broad SMARTS) is 2. The number of H-pyrrole nitrogens is 1. The number of nitrogens with one attached hydrogen (secondary N) is 1. The monoisotopic (exact) mass is 352 g/mol. The van der Waals surface area contributed by atoms with Crippen LogP contribution < -0.4 is 11.5 Å². The number of thioether (sulfide) groups is 1. The molecule has 9 nitrogen and oxygen atoms in total. The first kappa shape index (κ1) is 22.7. The summed E-state index contributed by atoms with van der Waals surface area (Å²) in [5.74, 6) is -1.10. The molecule has 1 rings (SSSR count). The molecule has 1 aromatic heterocycles. The summed E-state index contributed by atoms with van der Waals surface area (Å²) in [5, 5.41) is 16.7. The highest BCUT2D eigenvalue weighted by atomic mass is 32.2. The van der Waals surface area contributed by atoms with Crippen molar-refractivity contribution < 1.29 is 24.0 Å². The van der Waals surface area contributed by atoms with Gasteiger partial charge in [0.15, 0.2) is 12.5 Å². The number of rotatable bonds is 7. The zero-order valence-corrected chi connectivity index (χ0v) is 13.6. The standard InChI is InChI=1S/C6H9N3O2.C5H11NO2S.OS/c7-5(6(10)11)1-4-2-8-3-9-4;1-9-3-2-4(6)5(7)8;1-2/h2-3,5H,1,7H2,(H,8,9)(H,10,11);4H,2-3,6H2,1H3,(H,7,8);/t5-;4-;/m00./s1. The van der Waals surface area contributed by atoms with E-state index in [0.717, 1.165) is 11.4 Å². The van der Waals surface area contributed by atoms with Gasteiger partial charge < -0.3 is 26.7 Å². The van der Waals surface area contributed by atoms with E-state index in [4.69, 9.17) is 25.9 Å². The maximum absolute atomic E-state index is 10.3. The molecule has 0 aliphatic rings. The molecule has 0 amide bonds. The summed E-state index contributed by atoms with van der Waals surface area (Å²) >= 11 is 4.44. The third-order valence-electron chi connectivity index (χ3n) is 2.26. The van der Waals surface area contributed by atoms with Crippen molar-refractivity contribution in [2.75, 3.05) is 12.0 Å². The lowest BCUT2D eigenvalue weighted by Crippen LogP contribution is -2.32. The molecule has 126 valence electrons. The van der Waals surface area contributed by atoms with Gasteiger partial charge in [0.2, 0.25) is 0 Å². The van der Waals surface area contributed by atoms with Crippen molar-refractivity contribution in [2.45, 2.75) is 24.9 Å². The van der Waals surface area contributed by atoms with Gasteiger partial charge in [0.05, 0.1) is 6.33 Å². The van der Waals surface area contributed by atoms with Crippen LogP contribution in [0.15, 0.2) is 12.5 Å².